The summed E-state index contributed by atoms with van der Waals surface area (Å²) >= 11 is 0. The van der Waals surface area contributed by atoms with Crippen LogP contribution >= 0.6 is 0 Å². The zero-order valence-electron chi connectivity index (χ0n) is 19.3. The number of fused-ring (bicyclic) bond motifs is 2. The van der Waals surface area contributed by atoms with Crippen LogP contribution < -0.4 is 10.2 Å². The summed E-state index contributed by atoms with van der Waals surface area (Å²) in [5.74, 6) is 0.0334. The molecule has 1 spiro atoms. The Morgan fingerprint density at radius 2 is 1.71 bits per heavy atom. The third-order valence-corrected chi connectivity index (χ3v) is 8.65. The summed E-state index contributed by atoms with van der Waals surface area (Å²) in [6.07, 6.45) is 2.93. The number of hydrogen-bond acceptors (Lipinski definition) is 3. The predicted octanol–water partition coefficient (Wildman–Crippen LogP) is 3.80. The molecule has 0 aromatic heterocycles. The van der Waals surface area contributed by atoms with Crippen LogP contribution in [0.5, 0.6) is 0 Å². The van der Waals surface area contributed by atoms with Crippen molar-refractivity contribution in [1.29, 1.82) is 0 Å². The van der Waals surface area contributed by atoms with E-state index in [0.29, 0.717) is 12.6 Å². The molecule has 7 rings (SSSR count). The third kappa shape index (κ3) is 2.49. The van der Waals surface area contributed by atoms with Gasteiger partial charge in [0.15, 0.2) is 5.54 Å². The summed E-state index contributed by atoms with van der Waals surface area (Å²) in [7, 11) is 1.74. The lowest BCUT2D eigenvalue weighted by molar-refractivity contribution is -0.127. The van der Waals surface area contributed by atoms with Crippen molar-refractivity contribution in [1.82, 2.24) is 15.1 Å². The first kappa shape index (κ1) is 20.0. The summed E-state index contributed by atoms with van der Waals surface area (Å²) in [6, 6.07) is 21.7. The van der Waals surface area contributed by atoms with Crippen molar-refractivity contribution in [2.75, 3.05) is 31.6 Å². The van der Waals surface area contributed by atoms with Crippen LogP contribution in [0.4, 0.5) is 10.5 Å². The molecule has 3 aromatic rings. The molecule has 3 aliphatic heterocycles. The average molecular weight is 453 g/mol. The highest BCUT2D eigenvalue weighted by molar-refractivity contribution is 6.11. The highest BCUT2D eigenvalue weighted by Crippen LogP contribution is 2.48. The van der Waals surface area contributed by atoms with Gasteiger partial charge in [-0.2, -0.15) is 0 Å². The number of nitrogens with one attached hydrogen (secondary N) is 1. The van der Waals surface area contributed by atoms with Gasteiger partial charge in [-0.15, -0.1) is 0 Å². The van der Waals surface area contributed by atoms with Gasteiger partial charge in [0.25, 0.3) is 5.91 Å². The fourth-order valence-corrected chi connectivity index (χ4v) is 6.93. The number of hydrogen-bond donors (Lipinski definition) is 1. The number of rotatable bonds is 2. The van der Waals surface area contributed by atoms with Crippen LogP contribution in [0, 0.1) is 0 Å². The van der Waals surface area contributed by atoms with E-state index in [1.54, 1.807) is 11.9 Å². The third-order valence-electron chi connectivity index (χ3n) is 8.65. The molecule has 4 aliphatic rings. The van der Waals surface area contributed by atoms with E-state index in [2.05, 4.69) is 46.6 Å². The van der Waals surface area contributed by atoms with Crippen molar-refractivity contribution >= 4 is 28.4 Å². The van der Waals surface area contributed by atoms with Crippen LogP contribution in [-0.2, 0) is 16.8 Å². The number of carbonyl (C=O) groups excluding carboxylic acids is 2. The zero-order chi connectivity index (χ0) is 23.0. The molecule has 172 valence electrons. The van der Waals surface area contributed by atoms with Gasteiger partial charge in [0.2, 0.25) is 0 Å². The monoisotopic (exact) mass is 452 g/mol. The molecular formula is C28H28N4O2. The summed E-state index contributed by atoms with van der Waals surface area (Å²) in [5, 5.41) is 5.66. The number of amides is 3. The molecule has 2 atom stereocenters. The van der Waals surface area contributed by atoms with Gasteiger partial charge in [0, 0.05) is 37.8 Å². The van der Waals surface area contributed by atoms with Crippen molar-refractivity contribution in [2.24, 2.45) is 0 Å². The lowest BCUT2D eigenvalue weighted by Crippen LogP contribution is -2.54. The normalized spacial score (nSPS) is 26.7. The number of para-hydroxylation sites is 1. The Balaban J connectivity index is 1.16. The fraction of sp³-hybridized carbons (Fsp3) is 0.357. The van der Waals surface area contributed by atoms with E-state index < -0.39 is 5.54 Å². The summed E-state index contributed by atoms with van der Waals surface area (Å²) in [6.45, 7) is 2.26. The Labute approximate surface area is 199 Å². The van der Waals surface area contributed by atoms with Gasteiger partial charge in [-0.1, -0.05) is 54.6 Å². The molecule has 3 heterocycles. The molecule has 1 aliphatic carbocycles. The van der Waals surface area contributed by atoms with Crippen molar-refractivity contribution < 1.29 is 9.59 Å². The minimum absolute atomic E-state index is 0.0334. The molecular weight excluding hydrogens is 424 g/mol. The molecule has 3 aromatic carbocycles. The molecule has 3 amide bonds. The maximum Gasteiger partial charge on any atom is 0.318 e. The van der Waals surface area contributed by atoms with E-state index in [1.807, 2.05) is 29.2 Å². The standard InChI is InChI=1S/C28H28N4O2/c1-30-27(34)29-17-28(30)22-10-2-3-11-23(22)32(26(28)33)20-12-14-31(15-13-20)24-16-19-8-4-6-18-7-5-9-21(24)25(18)19/h2-11,20,24H,12-17H2,1H3,(H,29,34). The molecule has 2 unspecified atom stereocenters. The van der Waals surface area contributed by atoms with Crippen molar-refractivity contribution in [3.63, 3.8) is 0 Å². The number of nitrogens with zero attached hydrogens (tertiary/aromatic N) is 3. The molecule has 1 N–H and O–H groups in total. The quantitative estimate of drug-likeness (QED) is 0.644. The first-order valence-corrected chi connectivity index (χ1v) is 12.3. The van der Waals surface area contributed by atoms with Gasteiger partial charge in [0.1, 0.15) is 0 Å². The second-order valence-corrected chi connectivity index (χ2v) is 10.1. The molecule has 0 saturated carbocycles. The first-order chi connectivity index (χ1) is 16.6. The number of urea groups is 1. The van der Waals surface area contributed by atoms with E-state index in [4.69, 9.17) is 0 Å². The van der Waals surface area contributed by atoms with Crippen LogP contribution in [-0.4, -0.2) is 54.5 Å². The lowest BCUT2D eigenvalue weighted by atomic mass is 9.91. The second-order valence-electron chi connectivity index (χ2n) is 10.1. The molecule has 0 bridgehead atoms. The number of likely N-dealkylation sites (tertiary alicyclic amines) is 1. The SMILES string of the molecule is CN1C(=O)NCC12C(=O)N(C1CCN(C3Cc4cccc5cccc3c45)CC1)c1ccccc12. The zero-order valence-corrected chi connectivity index (χ0v) is 19.3. The summed E-state index contributed by atoms with van der Waals surface area (Å²) < 4.78 is 0. The van der Waals surface area contributed by atoms with Crippen LogP contribution in [0.15, 0.2) is 60.7 Å². The fourth-order valence-electron chi connectivity index (χ4n) is 6.93. The molecule has 2 saturated heterocycles. The molecule has 0 radical (unpaired) electrons. The van der Waals surface area contributed by atoms with Crippen molar-refractivity contribution in [2.45, 2.75) is 36.9 Å². The predicted molar refractivity (Wildman–Crippen MR) is 132 cm³/mol. The van der Waals surface area contributed by atoms with E-state index >= 15 is 0 Å². The van der Waals surface area contributed by atoms with Gasteiger partial charge >= 0.3 is 6.03 Å². The Bertz CT molecular complexity index is 1340. The second kappa shape index (κ2) is 7.06. The summed E-state index contributed by atoms with van der Waals surface area (Å²) in [4.78, 5) is 32.5. The Morgan fingerprint density at radius 1 is 0.941 bits per heavy atom. The molecule has 6 heteroatoms. The minimum atomic E-state index is -0.923. The Morgan fingerprint density at radius 3 is 2.47 bits per heavy atom. The highest BCUT2D eigenvalue weighted by Gasteiger charge is 2.59. The van der Waals surface area contributed by atoms with E-state index in [0.717, 1.165) is 43.6 Å². The first-order valence-electron chi connectivity index (χ1n) is 12.3. The number of anilines is 1. The van der Waals surface area contributed by atoms with Crippen molar-refractivity contribution in [3.8, 4) is 0 Å². The van der Waals surface area contributed by atoms with Gasteiger partial charge in [0.05, 0.1) is 12.2 Å². The lowest BCUT2D eigenvalue weighted by Gasteiger charge is -2.40. The maximum atomic E-state index is 13.9. The largest absolute Gasteiger partial charge is 0.335 e. The topological polar surface area (TPSA) is 55.9 Å². The van der Waals surface area contributed by atoms with E-state index in [-0.39, 0.29) is 18.0 Å². The van der Waals surface area contributed by atoms with Gasteiger partial charge in [-0.3, -0.25) is 9.69 Å². The maximum absolute atomic E-state index is 13.9. The van der Waals surface area contributed by atoms with Crippen LogP contribution in [0.2, 0.25) is 0 Å². The van der Waals surface area contributed by atoms with Gasteiger partial charge in [-0.05, 0) is 47.2 Å². The van der Waals surface area contributed by atoms with Crippen LogP contribution in [0.3, 0.4) is 0 Å². The number of carbonyl (C=O) groups is 2. The Hall–Kier alpha value is -3.38. The van der Waals surface area contributed by atoms with E-state index in [9.17, 15) is 9.59 Å². The van der Waals surface area contributed by atoms with Crippen LogP contribution in [0.1, 0.15) is 35.6 Å². The smallest absolute Gasteiger partial charge is 0.318 e. The molecule has 6 nitrogen and oxygen atoms in total. The Kier molecular flexibility index (Phi) is 4.16. The van der Waals surface area contributed by atoms with Crippen molar-refractivity contribution in [3.05, 3.63) is 77.4 Å². The highest BCUT2D eigenvalue weighted by atomic mass is 16.2. The van der Waals surface area contributed by atoms with Crippen LogP contribution in [0.25, 0.3) is 10.8 Å². The van der Waals surface area contributed by atoms with E-state index in [1.165, 1.54) is 21.9 Å². The van der Waals surface area contributed by atoms with Gasteiger partial charge in [-0.25, -0.2) is 4.79 Å². The molecule has 2 fully saturated rings. The number of likely N-dealkylation sites (N-methyl/N-ethyl adjacent to an activating group) is 1. The summed E-state index contributed by atoms with van der Waals surface area (Å²) in [5.41, 5.74) is 3.89. The number of benzene rings is 3. The number of piperidine rings is 1. The van der Waals surface area contributed by atoms with Gasteiger partial charge < -0.3 is 15.1 Å². The molecule has 34 heavy (non-hydrogen) atoms. The minimum Gasteiger partial charge on any atom is -0.335 e. The average Bonchev–Trinajstić information content (AvgIpc) is 3.48.